The van der Waals surface area contributed by atoms with Gasteiger partial charge in [0.25, 0.3) is 0 Å². The molecule has 0 radical (unpaired) electrons. The van der Waals surface area contributed by atoms with E-state index in [0.717, 1.165) is 16.9 Å². The molecule has 1 aromatic carbocycles. The van der Waals surface area contributed by atoms with E-state index >= 15 is 0 Å². The molecular weight excluding hydrogens is 303 g/mol. The van der Waals surface area contributed by atoms with Crippen LogP contribution in [0.3, 0.4) is 0 Å². The van der Waals surface area contributed by atoms with Crippen molar-refractivity contribution in [3.8, 4) is 0 Å². The van der Waals surface area contributed by atoms with Gasteiger partial charge in [-0.15, -0.1) is 11.3 Å². The average molecular weight is 322 g/mol. The Hall–Kier alpha value is -1.53. The lowest BCUT2D eigenvalue weighted by Gasteiger charge is -2.24. The van der Waals surface area contributed by atoms with Crippen LogP contribution in [0.15, 0.2) is 24.3 Å². The maximum atomic E-state index is 14.5. The van der Waals surface area contributed by atoms with Gasteiger partial charge in [0, 0.05) is 32.0 Å². The average Bonchev–Trinajstić information content (AvgIpc) is 3.10. The number of thiazole rings is 1. The minimum atomic E-state index is -1.86. The number of hydrogen-bond donors (Lipinski definition) is 0. The summed E-state index contributed by atoms with van der Waals surface area (Å²) < 4.78 is 20.2. The molecule has 1 aliphatic rings. The first-order valence-corrected chi connectivity index (χ1v) is 8.19. The molecule has 3 rings (SSSR count). The molecule has 0 aliphatic carbocycles. The number of ether oxygens (including phenoxy) is 1. The van der Waals surface area contributed by atoms with Gasteiger partial charge in [-0.1, -0.05) is 12.1 Å². The van der Waals surface area contributed by atoms with Crippen LogP contribution in [-0.2, 0) is 16.0 Å². The highest BCUT2D eigenvalue weighted by Crippen LogP contribution is 2.30. The summed E-state index contributed by atoms with van der Waals surface area (Å²) in [7, 11) is 1.23. The smallest absolute Gasteiger partial charge is 0.345 e. The molecule has 118 valence electrons. The van der Waals surface area contributed by atoms with Crippen LogP contribution in [0, 0.1) is 0 Å². The van der Waals surface area contributed by atoms with Crippen molar-refractivity contribution in [3.05, 3.63) is 29.3 Å². The van der Waals surface area contributed by atoms with Gasteiger partial charge in [-0.05, 0) is 19.1 Å². The van der Waals surface area contributed by atoms with Gasteiger partial charge in [0.1, 0.15) is 0 Å². The molecule has 2 aromatic rings. The molecule has 0 spiro atoms. The summed E-state index contributed by atoms with van der Waals surface area (Å²) in [4.78, 5) is 18.2. The lowest BCUT2D eigenvalue weighted by molar-refractivity contribution is -0.153. The number of carbonyl (C=O) groups is 1. The fourth-order valence-electron chi connectivity index (χ4n) is 2.92. The number of halogens is 1. The highest BCUT2D eigenvalue weighted by Gasteiger charge is 2.47. The quantitative estimate of drug-likeness (QED) is 0.812. The molecule has 0 saturated carbocycles. The number of para-hydroxylation sites is 1. The number of hydrogen-bond acceptors (Lipinski definition) is 5. The van der Waals surface area contributed by atoms with Crippen LogP contribution < -0.4 is 0 Å². The van der Waals surface area contributed by atoms with Gasteiger partial charge < -0.3 is 4.74 Å². The lowest BCUT2D eigenvalue weighted by atomic mass is 10.1. The molecule has 22 heavy (non-hydrogen) atoms. The third-order valence-electron chi connectivity index (χ3n) is 4.23. The second-order valence-corrected chi connectivity index (χ2v) is 6.92. The summed E-state index contributed by atoms with van der Waals surface area (Å²) in [6.45, 7) is 2.72. The number of fused-ring (bicyclic) bond motifs is 1. The van der Waals surface area contributed by atoms with E-state index in [1.165, 1.54) is 11.8 Å². The van der Waals surface area contributed by atoms with Gasteiger partial charge in [0.05, 0.1) is 22.3 Å². The van der Waals surface area contributed by atoms with E-state index in [-0.39, 0.29) is 19.0 Å². The van der Waals surface area contributed by atoms with Gasteiger partial charge in [0.2, 0.25) is 5.67 Å². The van der Waals surface area contributed by atoms with Crippen molar-refractivity contribution < 1.29 is 13.9 Å². The third kappa shape index (κ3) is 2.85. The molecular formula is C16H19FN2O2S. The zero-order chi connectivity index (χ0) is 15.7. The van der Waals surface area contributed by atoms with E-state index < -0.39 is 11.6 Å². The maximum absolute atomic E-state index is 14.5. The van der Waals surface area contributed by atoms with E-state index in [0.29, 0.717) is 6.54 Å². The first kappa shape index (κ1) is 15.4. The van der Waals surface area contributed by atoms with Crippen LogP contribution in [0.1, 0.15) is 18.4 Å². The summed E-state index contributed by atoms with van der Waals surface area (Å²) in [6.07, 6.45) is 0.959. The maximum Gasteiger partial charge on any atom is 0.345 e. The minimum Gasteiger partial charge on any atom is -0.467 e. The minimum absolute atomic E-state index is 0.103. The van der Waals surface area contributed by atoms with E-state index in [9.17, 15) is 9.18 Å². The van der Waals surface area contributed by atoms with Gasteiger partial charge in [-0.2, -0.15) is 0 Å². The Labute approximate surface area is 132 Å². The third-order valence-corrected chi connectivity index (χ3v) is 5.29. The Bertz CT molecular complexity index is 657. The number of likely N-dealkylation sites (tertiary alicyclic amines) is 1. The van der Waals surface area contributed by atoms with Crippen molar-refractivity contribution in [2.75, 3.05) is 20.2 Å². The number of benzene rings is 1. The van der Waals surface area contributed by atoms with Crippen LogP contribution in [0.25, 0.3) is 10.2 Å². The molecule has 4 nitrogen and oxygen atoms in total. The molecule has 1 aromatic heterocycles. The molecule has 2 heterocycles. The Kier molecular flexibility index (Phi) is 4.14. The molecule has 2 atom stereocenters. The number of esters is 1. The summed E-state index contributed by atoms with van der Waals surface area (Å²) in [5, 5.41) is 1.04. The predicted molar refractivity (Wildman–Crippen MR) is 84.8 cm³/mol. The normalized spacial score (nSPS) is 23.8. The Balaban J connectivity index is 1.67. The second kappa shape index (κ2) is 5.93. The SMILES string of the molecule is COC(=O)C1(F)CCN(C(C)Cc2nc3ccccc3s2)C1. The monoisotopic (exact) mass is 322 g/mol. The van der Waals surface area contributed by atoms with Crippen molar-refractivity contribution in [2.45, 2.75) is 31.5 Å². The van der Waals surface area contributed by atoms with Crippen molar-refractivity contribution in [2.24, 2.45) is 0 Å². The van der Waals surface area contributed by atoms with Gasteiger partial charge >= 0.3 is 5.97 Å². The van der Waals surface area contributed by atoms with Crippen molar-refractivity contribution >= 4 is 27.5 Å². The lowest BCUT2D eigenvalue weighted by Crippen LogP contribution is -2.41. The second-order valence-electron chi connectivity index (χ2n) is 5.81. The topological polar surface area (TPSA) is 42.4 Å². The molecule has 6 heteroatoms. The van der Waals surface area contributed by atoms with E-state index in [1.54, 1.807) is 11.3 Å². The van der Waals surface area contributed by atoms with Crippen LogP contribution >= 0.6 is 11.3 Å². The van der Waals surface area contributed by atoms with E-state index in [4.69, 9.17) is 0 Å². The number of aromatic nitrogens is 1. The van der Waals surface area contributed by atoms with Gasteiger partial charge in [-0.25, -0.2) is 14.2 Å². The number of nitrogens with zero attached hydrogens (tertiary/aromatic N) is 2. The van der Waals surface area contributed by atoms with Gasteiger partial charge in [0.15, 0.2) is 0 Å². The fourth-order valence-corrected chi connectivity index (χ4v) is 4.00. The van der Waals surface area contributed by atoms with Crippen molar-refractivity contribution in [3.63, 3.8) is 0 Å². The molecule has 1 aliphatic heterocycles. The Morgan fingerprint density at radius 3 is 3.05 bits per heavy atom. The zero-order valence-electron chi connectivity index (χ0n) is 12.7. The van der Waals surface area contributed by atoms with E-state index in [2.05, 4.69) is 22.7 Å². The highest BCUT2D eigenvalue weighted by atomic mass is 32.1. The zero-order valence-corrected chi connectivity index (χ0v) is 13.5. The number of alkyl halides is 1. The van der Waals surface area contributed by atoms with Crippen LogP contribution in [0.2, 0.25) is 0 Å². The van der Waals surface area contributed by atoms with Crippen LogP contribution in [0.5, 0.6) is 0 Å². The summed E-state index contributed by atoms with van der Waals surface area (Å²) >= 11 is 1.67. The largest absolute Gasteiger partial charge is 0.467 e. The van der Waals surface area contributed by atoms with Crippen molar-refractivity contribution in [1.82, 2.24) is 9.88 Å². The summed E-state index contributed by atoms with van der Waals surface area (Å²) in [6, 6.07) is 8.18. The predicted octanol–water partition coefficient (Wildman–Crippen LogP) is 2.81. The van der Waals surface area contributed by atoms with Gasteiger partial charge in [-0.3, -0.25) is 4.90 Å². The summed E-state index contributed by atoms with van der Waals surface area (Å²) in [5.74, 6) is -0.762. The molecule has 1 saturated heterocycles. The standard InChI is InChI=1S/C16H19FN2O2S/c1-11(19-8-7-16(17,10-19)15(20)21-2)9-14-18-12-5-3-4-6-13(12)22-14/h3-6,11H,7-10H2,1-2H3. The first-order chi connectivity index (χ1) is 10.5. The molecule has 2 unspecified atom stereocenters. The molecule has 1 fully saturated rings. The molecule has 0 bridgehead atoms. The number of rotatable bonds is 4. The van der Waals surface area contributed by atoms with E-state index in [1.807, 2.05) is 23.1 Å². The van der Waals surface area contributed by atoms with Crippen LogP contribution in [-0.4, -0.2) is 47.8 Å². The first-order valence-electron chi connectivity index (χ1n) is 7.38. The van der Waals surface area contributed by atoms with Crippen LogP contribution in [0.4, 0.5) is 4.39 Å². The summed E-state index contributed by atoms with van der Waals surface area (Å²) in [5.41, 5.74) is -0.859. The number of methoxy groups -OCH3 is 1. The van der Waals surface area contributed by atoms with Crippen molar-refractivity contribution in [1.29, 1.82) is 0 Å². The number of carbonyl (C=O) groups excluding carboxylic acids is 1. The Morgan fingerprint density at radius 1 is 1.55 bits per heavy atom. The molecule has 0 N–H and O–H groups in total. The molecule has 0 amide bonds. The Morgan fingerprint density at radius 2 is 2.32 bits per heavy atom. The highest BCUT2D eigenvalue weighted by molar-refractivity contribution is 7.18. The fraction of sp³-hybridized carbons (Fsp3) is 0.500.